The van der Waals surface area contributed by atoms with Gasteiger partial charge in [0, 0.05) is 36.0 Å². The summed E-state index contributed by atoms with van der Waals surface area (Å²) in [6, 6.07) is 12.2. The fourth-order valence-corrected chi connectivity index (χ4v) is 2.61. The number of carbonyl (C=O) groups is 2. The first-order chi connectivity index (χ1) is 13.4. The highest BCUT2D eigenvalue weighted by atomic mass is 16.5. The summed E-state index contributed by atoms with van der Waals surface area (Å²) in [4.78, 5) is 26.6. The molecule has 7 nitrogen and oxygen atoms in total. The van der Waals surface area contributed by atoms with Crippen molar-refractivity contribution in [3.8, 4) is 11.5 Å². The van der Waals surface area contributed by atoms with Gasteiger partial charge in [0.15, 0.2) is 0 Å². The van der Waals surface area contributed by atoms with Crippen LogP contribution in [0.2, 0.25) is 0 Å². The Kier molecular flexibility index (Phi) is 7.83. The van der Waals surface area contributed by atoms with Crippen LogP contribution in [0.5, 0.6) is 11.5 Å². The Morgan fingerprint density at radius 2 is 1.82 bits per heavy atom. The number of hydrogen-bond acceptors (Lipinski definition) is 5. The standard InChI is InChI=1S/C21H27N3O4/c1-24(2)11-10-22-21(26)16-6-5-7-17(12-16)23-20(25)13-15-8-9-18(27-3)14-19(15)28-4/h5-9,12,14H,10-11,13H2,1-4H3,(H,22,26)(H,23,25). The fourth-order valence-electron chi connectivity index (χ4n) is 2.61. The zero-order valence-electron chi connectivity index (χ0n) is 16.7. The highest BCUT2D eigenvalue weighted by molar-refractivity contribution is 5.97. The van der Waals surface area contributed by atoms with Crippen LogP contribution >= 0.6 is 0 Å². The topological polar surface area (TPSA) is 79.9 Å². The van der Waals surface area contributed by atoms with Crippen LogP contribution in [-0.2, 0) is 11.2 Å². The molecule has 2 aromatic rings. The van der Waals surface area contributed by atoms with Crippen LogP contribution in [0.3, 0.4) is 0 Å². The highest BCUT2D eigenvalue weighted by Gasteiger charge is 2.12. The van der Waals surface area contributed by atoms with Gasteiger partial charge in [-0.2, -0.15) is 0 Å². The lowest BCUT2D eigenvalue weighted by atomic mass is 10.1. The normalized spacial score (nSPS) is 10.5. The van der Waals surface area contributed by atoms with Crippen molar-refractivity contribution < 1.29 is 19.1 Å². The molecule has 0 radical (unpaired) electrons. The predicted octanol–water partition coefficient (Wildman–Crippen LogP) is 2.18. The lowest BCUT2D eigenvalue weighted by Gasteiger charge is -2.12. The first-order valence-corrected chi connectivity index (χ1v) is 8.96. The van der Waals surface area contributed by atoms with Gasteiger partial charge in [-0.1, -0.05) is 12.1 Å². The molecular weight excluding hydrogens is 358 g/mol. The largest absolute Gasteiger partial charge is 0.497 e. The minimum absolute atomic E-state index is 0.145. The zero-order chi connectivity index (χ0) is 20.5. The number of hydrogen-bond donors (Lipinski definition) is 2. The van der Waals surface area contributed by atoms with Gasteiger partial charge in [-0.15, -0.1) is 0 Å². The third-order valence-corrected chi connectivity index (χ3v) is 4.10. The summed E-state index contributed by atoms with van der Waals surface area (Å²) in [7, 11) is 7.01. The van der Waals surface area contributed by atoms with Crippen molar-refractivity contribution in [1.29, 1.82) is 0 Å². The molecule has 0 bridgehead atoms. The summed E-state index contributed by atoms with van der Waals surface area (Å²) in [5.74, 6) is 0.876. The fraction of sp³-hybridized carbons (Fsp3) is 0.333. The van der Waals surface area contributed by atoms with E-state index in [0.717, 1.165) is 12.1 Å². The number of likely N-dealkylation sites (N-methyl/N-ethyl adjacent to an activating group) is 1. The molecule has 0 fully saturated rings. The maximum atomic E-state index is 12.4. The lowest BCUT2D eigenvalue weighted by molar-refractivity contribution is -0.115. The van der Waals surface area contributed by atoms with Crippen LogP contribution in [0.1, 0.15) is 15.9 Å². The minimum atomic E-state index is -0.200. The Bertz CT molecular complexity index is 821. The van der Waals surface area contributed by atoms with Crippen molar-refractivity contribution in [3.63, 3.8) is 0 Å². The molecule has 28 heavy (non-hydrogen) atoms. The van der Waals surface area contributed by atoms with E-state index in [9.17, 15) is 9.59 Å². The number of rotatable bonds is 9. The number of carbonyl (C=O) groups excluding carboxylic acids is 2. The Hall–Kier alpha value is -3.06. The van der Waals surface area contributed by atoms with E-state index in [4.69, 9.17) is 9.47 Å². The molecule has 7 heteroatoms. The molecule has 0 saturated carbocycles. The van der Waals surface area contributed by atoms with Gasteiger partial charge in [-0.25, -0.2) is 0 Å². The summed E-state index contributed by atoms with van der Waals surface area (Å²) < 4.78 is 10.5. The average Bonchev–Trinajstić information content (AvgIpc) is 2.68. The van der Waals surface area contributed by atoms with Crippen LogP contribution in [0.15, 0.2) is 42.5 Å². The molecule has 0 unspecified atom stereocenters. The Balaban J connectivity index is 2.00. The summed E-state index contributed by atoms with van der Waals surface area (Å²) in [6.45, 7) is 1.31. The van der Waals surface area contributed by atoms with E-state index < -0.39 is 0 Å². The quantitative estimate of drug-likeness (QED) is 0.692. The van der Waals surface area contributed by atoms with E-state index >= 15 is 0 Å². The van der Waals surface area contributed by atoms with Gasteiger partial charge in [0.25, 0.3) is 5.91 Å². The number of benzene rings is 2. The van der Waals surface area contributed by atoms with Crippen molar-refractivity contribution >= 4 is 17.5 Å². The molecule has 2 rings (SSSR count). The molecule has 0 spiro atoms. The maximum absolute atomic E-state index is 12.4. The Morgan fingerprint density at radius 3 is 2.50 bits per heavy atom. The predicted molar refractivity (Wildman–Crippen MR) is 109 cm³/mol. The Morgan fingerprint density at radius 1 is 1.04 bits per heavy atom. The van der Waals surface area contributed by atoms with Gasteiger partial charge < -0.3 is 25.0 Å². The molecule has 0 heterocycles. The van der Waals surface area contributed by atoms with Crippen LogP contribution in [0, 0.1) is 0 Å². The number of amides is 2. The smallest absolute Gasteiger partial charge is 0.251 e. The maximum Gasteiger partial charge on any atom is 0.251 e. The van der Waals surface area contributed by atoms with Gasteiger partial charge in [0.05, 0.1) is 20.6 Å². The first kappa shape index (κ1) is 21.2. The highest BCUT2D eigenvalue weighted by Crippen LogP contribution is 2.25. The van der Waals surface area contributed by atoms with E-state index in [-0.39, 0.29) is 18.2 Å². The first-order valence-electron chi connectivity index (χ1n) is 8.96. The third-order valence-electron chi connectivity index (χ3n) is 4.10. The summed E-state index contributed by atoms with van der Waals surface area (Å²) in [6.07, 6.45) is 0.145. The number of ether oxygens (including phenoxy) is 2. The van der Waals surface area contributed by atoms with E-state index in [2.05, 4.69) is 10.6 Å². The van der Waals surface area contributed by atoms with Crippen molar-refractivity contribution in [2.45, 2.75) is 6.42 Å². The number of anilines is 1. The van der Waals surface area contributed by atoms with Gasteiger partial charge in [0.1, 0.15) is 11.5 Å². The zero-order valence-corrected chi connectivity index (χ0v) is 16.7. The van der Waals surface area contributed by atoms with Crippen LogP contribution < -0.4 is 20.1 Å². The molecule has 0 atom stereocenters. The summed E-state index contributed by atoms with van der Waals surface area (Å²) >= 11 is 0. The molecule has 150 valence electrons. The molecule has 0 aliphatic heterocycles. The average molecular weight is 385 g/mol. The van der Waals surface area contributed by atoms with Gasteiger partial charge in [-0.3, -0.25) is 9.59 Å². The SMILES string of the molecule is COc1ccc(CC(=O)Nc2cccc(C(=O)NCCN(C)C)c2)c(OC)c1. The molecule has 0 aliphatic rings. The minimum Gasteiger partial charge on any atom is -0.497 e. The van der Waals surface area contributed by atoms with E-state index in [1.165, 1.54) is 0 Å². The second-order valence-electron chi connectivity index (χ2n) is 6.54. The molecule has 2 N–H and O–H groups in total. The van der Waals surface area contributed by atoms with Crippen LogP contribution in [0.4, 0.5) is 5.69 Å². The third kappa shape index (κ3) is 6.28. The monoisotopic (exact) mass is 385 g/mol. The van der Waals surface area contributed by atoms with Gasteiger partial charge >= 0.3 is 0 Å². The van der Waals surface area contributed by atoms with Crippen molar-refractivity contribution in [2.75, 3.05) is 46.7 Å². The second-order valence-corrected chi connectivity index (χ2v) is 6.54. The number of nitrogens with one attached hydrogen (secondary N) is 2. The molecule has 0 aliphatic carbocycles. The van der Waals surface area contributed by atoms with Crippen LogP contribution in [-0.4, -0.2) is 58.1 Å². The van der Waals surface area contributed by atoms with Crippen molar-refractivity contribution in [3.05, 3.63) is 53.6 Å². The van der Waals surface area contributed by atoms with Crippen molar-refractivity contribution in [2.24, 2.45) is 0 Å². The van der Waals surface area contributed by atoms with E-state index in [0.29, 0.717) is 29.3 Å². The molecule has 2 aromatic carbocycles. The van der Waals surface area contributed by atoms with Gasteiger partial charge in [-0.05, 0) is 38.4 Å². The van der Waals surface area contributed by atoms with E-state index in [1.807, 2.05) is 19.0 Å². The van der Waals surface area contributed by atoms with Gasteiger partial charge in [0.2, 0.25) is 5.91 Å². The molecular formula is C21H27N3O4. The summed E-state index contributed by atoms with van der Waals surface area (Å²) in [5, 5.41) is 5.68. The van der Waals surface area contributed by atoms with E-state index in [1.54, 1.807) is 56.7 Å². The Labute approximate surface area is 165 Å². The number of nitrogens with zero attached hydrogens (tertiary/aromatic N) is 1. The lowest BCUT2D eigenvalue weighted by Crippen LogP contribution is -2.31. The molecule has 0 saturated heterocycles. The number of methoxy groups -OCH3 is 2. The summed E-state index contributed by atoms with van der Waals surface area (Å²) in [5.41, 5.74) is 1.81. The second kappa shape index (κ2) is 10.3. The molecule has 2 amide bonds. The van der Waals surface area contributed by atoms with Crippen LogP contribution in [0.25, 0.3) is 0 Å². The van der Waals surface area contributed by atoms with Crippen molar-refractivity contribution in [1.82, 2.24) is 10.2 Å². The molecule has 0 aromatic heterocycles.